The Morgan fingerprint density at radius 1 is 1.32 bits per heavy atom. The van der Waals surface area contributed by atoms with Gasteiger partial charge in [0.2, 0.25) is 0 Å². The first kappa shape index (κ1) is 14.6. The predicted octanol–water partition coefficient (Wildman–Crippen LogP) is 2.20. The number of aromatic carboxylic acids is 1. The fourth-order valence-electron chi connectivity index (χ4n) is 1.11. The molecule has 9 heteroatoms. The van der Waals surface area contributed by atoms with Crippen molar-refractivity contribution in [3.8, 4) is 5.75 Å². The van der Waals surface area contributed by atoms with Crippen molar-refractivity contribution in [3.05, 3.63) is 23.8 Å². The largest absolute Gasteiger partial charge is 0.508 e. The van der Waals surface area contributed by atoms with Gasteiger partial charge >= 0.3 is 18.2 Å². The van der Waals surface area contributed by atoms with Crippen LogP contribution in [0.4, 0.5) is 23.7 Å². The monoisotopic (exact) mass is 279 g/mol. The molecule has 0 unspecified atom stereocenters. The average molecular weight is 279 g/mol. The van der Waals surface area contributed by atoms with Gasteiger partial charge in [0.1, 0.15) is 5.75 Å². The van der Waals surface area contributed by atoms with Gasteiger partial charge in [-0.2, -0.15) is 13.2 Å². The number of hydrogen-bond acceptors (Lipinski definition) is 4. The van der Waals surface area contributed by atoms with Crippen molar-refractivity contribution in [2.24, 2.45) is 0 Å². The summed E-state index contributed by atoms with van der Waals surface area (Å²) in [6, 6.07) is 2.92. The summed E-state index contributed by atoms with van der Waals surface area (Å²) in [4.78, 5) is 21.8. The van der Waals surface area contributed by atoms with Gasteiger partial charge < -0.3 is 14.9 Å². The van der Waals surface area contributed by atoms with Crippen LogP contribution in [0, 0.1) is 0 Å². The van der Waals surface area contributed by atoms with Gasteiger partial charge in [-0.1, -0.05) is 0 Å². The van der Waals surface area contributed by atoms with E-state index in [4.69, 9.17) is 10.2 Å². The zero-order valence-corrected chi connectivity index (χ0v) is 9.19. The Morgan fingerprint density at radius 2 is 1.95 bits per heavy atom. The number of halogens is 3. The number of phenolic OH excluding ortho intramolecular Hbond substituents is 1. The van der Waals surface area contributed by atoms with E-state index in [0.29, 0.717) is 0 Å². The molecule has 1 rings (SSSR count). The van der Waals surface area contributed by atoms with E-state index >= 15 is 0 Å². The van der Waals surface area contributed by atoms with Crippen LogP contribution < -0.4 is 5.32 Å². The molecule has 104 valence electrons. The Kier molecular flexibility index (Phi) is 4.20. The molecule has 0 saturated heterocycles. The predicted molar refractivity (Wildman–Crippen MR) is 56.1 cm³/mol. The number of nitrogens with one attached hydrogen (secondary N) is 1. The first-order valence-electron chi connectivity index (χ1n) is 4.76. The number of hydrogen-bond donors (Lipinski definition) is 3. The summed E-state index contributed by atoms with van der Waals surface area (Å²) < 4.78 is 39.2. The molecule has 0 bridgehead atoms. The maximum atomic E-state index is 11.8. The molecule has 0 heterocycles. The van der Waals surface area contributed by atoms with Crippen LogP contribution in [0.2, 0.25) is 0 Å². The van der Waals surface area contributed by atoms with Crippen molar-refractivity contribution in [3.63, 3.8) is 0 Å². The highest BCUT2D eigenvalue weighted by Crippen LogP contribution is 2.22. The number of carboxylic acid groups (broad SMARTS) is 1. The highest BCUT2D eigenvalue weighted by molar-refractivity contribution is 5.99. The molecule has 0 aliphatic carbocycles. The Bertz CT molecular complexity index is 500. The molecular weight excluding hydrogens is 271 g/mol. The quantitative estimate of drug-likeness (QED) is 0.737. The number of amides is 1. The van der Waals surface area contributed by atoms with Gasteiger partial charge in [0, 0.05) is 0 Å². The molecule has 3 N–H and O–H groups in total. The molecule has 0 atom stereocenters. The fourth-order valence-corrected chi connectivity index (χ4v) is 1.11. The van der Waals surface area contributed by atoms with Gasteiger partial charge in [-0.15, -0.1) is 0 Å². The van der Waals surface area contributed by atoms with Gasteiger partial charge in [0.25, 0.3) is 0 Å². The van der Waals surface area contributed by atoms with Crippen molar-refractivity contribution >= 4 is 17.7 Å². The number of alkyl halides is 3. The second-order valence-corrected chi connectivity index (χ2v) is 3.35. The fraction of sp³-hybridized carbons (Fsp3) is 0.200. The summed E-state index contributed by atoms with van der Waals surface area (Å²) in [6.45, 7) is -1.79. The summed E-state index contributed by atoms with van der Waals surface area (Å²) >= 11 is 0. The lowest BCUT2D eigenvalue weighted by atomic mass is 10.1. The molecule has 1 amide bonds. The topological polar surface area (TPSA) is 95.9 Å². The van der Waals surface area contributed by atoms with Crippen molar-refractivity contribution in [2.75, 3.05) is 11.9 Å². The van der Waals surface area contributed by atoms with E-state index in [1.807, 2.05) is 5.32 Å². The molecule has 0 aliphatic heterocycles. The number of carboxylic acids is 1. The Labute approximate surface area is 104 Å². The number of carbonyl (C=O) groups excluding carboxylic acids is 1. The van der Waals surface area contributed by atoms with Crippen molar-refractivity contribution in [1.29, 1.82) is 0 Å². The number of phenols is 1. The summed E-state index contributed by atoms with van der Waals surface area (Å²) in [5.74, 6) is -1.84. The van der Waals surface area contributed by atoms with Gasteiger partial charge in [-0.3, -0.25) is 5.32 Å². The zero-order valence-electron chi connectivity index (χ0n) is 9.19. The molecular formula is C10H8F3NO5. The van der Waals surface area contributed by atoms with Crippen molar-refractivity contribution < 1.29 is 37.7 Å². The Morgan fingerprint density at radius 3 is 2.47 bits per heavy atom. The number of aromatic hydroxyl groups is 1. The molecule has 19 heavy (non-hydrogen) atoms. The maximum absolute atomic E-state index is 11.8. The van der Waals surface area contributed by atoms with E-state index < -0.39 is 30.4 Å². The number of anilines is 1. The summed E-state index contributed by atoms with van der Waals surface area (Å²) in [5, 5.41) is 19.7. The lowest BCUT2D eigenvalue weighted by molar-refractivity contribution is -0.159. The maximum Gasteiger partial charge on any atom is 0.422 e. The third-order valence-corrected chi connectivity index (χ3v) is 1.84. The number of ether oxygens (including phenoxy) is 1. The van der Waals surface area contributed by atoms with Crippen LogP contribution in [0.1, 0.15) is 10.4 Å². The van der Waals surface area contributed by atoms with Gasteiger partial charge in [0.05, 0.1) is 11.3 Å². The van der Waals surface area contributed by atoms with Crippen LogP contribution in [0.25, 0.3) is 0 Å². The first-order chi connectivity index (χ1) is 8.69. The van der Waals surface area contributed by atoms with Crippen molar-refractivity contribution in [1.82, 2.24) is 0 Å². The first-order valence-corrected chi connectivity index (χ1v) is 4.76. The van der Waals surface area contributed by atoms with Gasteiger partial charge in [0.15, 0.2) is 6.61 Å². The minimum Gasteiger partial charge on any atom is -0.508 e. The highest BCUT2D eigenvalue weighted by Gasteiger charge is 2.29. The van der Waals surface area contributed by atoms with Gasteiger partial charge in [-0.05, 0) is 18.2 Å². The van der Waals surface area contributed by atoms with Crippen LogP contribution in [-0.4, -0.2) is 35.1 Å². The third-order valence-electron chi connectivity index (χ3n) is 1.84. The smallest absolute Gasteiger partial charge is 0.422 e. The molecule has 1 aromatic carbocycles. The van der Waals surface area contributed by atoms with Gasteiger partial charge in [-0.25, -0.2) is 9.59 Å². The Balaban J connectivity index is 2.77. The number of rotatable bonds is 3. The third kappa shape index (κ3) is 4.74. The molecule has 0 fully saturated rings. The zero-order chi connectivity index (χ0) is 14.6. The van der Waals surface area contributed by atoms with Crippen LogP contribution in [0.3, 0.4) is 0 Å². The molecule has 6 nitrogen and oxygen atoms in total. The minimum absolute atomic E-state index is 0.294. The minimum atomic E-state index is -4.68. The molecule has 0 radical (unpaired) electrons. The van der Waals surface area contributed by atoms with Crippen LogP contribution in [0.5, 0.6) is 5.75 Å². The number of benzene rings is 1. The SMILES string of the molecule is O=C(Nc1ccc(O)cc1C(=O)O)OCC(F)(F)F. The Hall–Kier alpha value is -2.45. The summed E-state index contributed by atoms with van der Waals surface area (Å²) in [7, 11) is 0. The lowest BCUT2D eigenvalue weighted by Crippen LogP contribution is -2.24. The summed E-state index contributed by atoms with van der Waals surface area (Å²) in [6.07, 6.45) is -6.13. The molecule has 0 saturated carbocycles. The number of carbonyl (C=O) groups is 2. The molecule has 0 spiro atoms. The lowest BCUT2D eigenvalue weighted by Gasteiger charge is -2.10. The standard InChI is InChI=1S/C10H8F3NO5/c11-10(12,13)4-19-9(18)14-7-2-1-5(15)3-6(7)8(16)17/h1-3,15H,4H2,(H,14,18)(H,16,17). The van der Waals surface area contributed by atoms with E-state index in [1.54, 1.807) is 0 Å². The second-order valence-electron chi connectivity index (χ2n) is 3.35. The van der Waals surface area contributed by atoms with E-state index in [-0.39, 0.29) is 11.4 Å². The van der Waals surface area contributed by atoms with E-state index in [1.165, 1.54) is 0 Å². The van der Waals surface area contributed by atoms with Crippen molar-refractivity contribution in [2.45, 2.75) is 6.18 Å². The molecule has 1 aromatic rings. The normalized spacial score (nSPS) is 10.9. The van der Waals surface area contributed by atoms with Crippen LogP contribution in [0.15, 0.2) is 18.2 Å². The van der Waals surface area contributed by atoms with E-state index in [2.05, 4.69) is 4.74 Å². The van der Waals surface area contributed by atoms with Crippen LogP contribution in [-0.2, 0) is 4.74 Å². The highest BCUT2D eigenvalue weighted by atomic mass is 19.4. The molecule has 0 aliphatic rings. The average Bonchev–Trinajstić information content (AvgIpc) is 2.28. The second kappa shape index (κ2) is 5.46. The van der Waals surface area contributed by atoms with E-state index in [9.17, 15) is 22.8 Å². The van der Waals surface area contributed by atoms with Crippen LogP contribution >= 0.6 is 0 Å². The summed E-state index contributed by atoms with van der Waals surface area (Å²) in [5.41, 5.74) is -0.776. The van der Waals surface area contributed by atoms with E-state index in [0.717, 1.165) is 18.2 Å². The molecule has 0 aromatic heterocycles.